The van der Waals surface area contributed by atoms with Gasteiger partial charge in [-0.25, -0.2) is 4.79 Å². The predicted molar refractivity (Wildman–Crippen MR) is 95.3 cm³/mol. The van der Waals surface area contributed by atoms with E-state index in [0.29, 0.717) is 31.4 Å². The number of carbonyl (C=O) groups excluding carboxylic acids is 2. The third-order valence-corrected chi connectivity index (χ3v) is 4.17. The van der Waals surface area contributed by atoms with E-state index in [-0.39, 0.29) is 24.4 Å². The van der Waals surface area contributed by atoms with Crippen LogP contribution in [0.2, 0.25) is 0 Å². The van der Waals surface area contributed by atoms with Crippen LogP contribution in [0.4, 0.5) is 10.5 Å². The van der Waals surface area contributed by atoms with Crippen LogP contribution in [0.3, 0.4) is 0 Å². The molecule has 1 aliphatic rings. The molecule has 1 fully saturated rings. The lowest BCUT2D eigenvalue weighted by atomic mass is 10.2. The SMILES string of the molecule is COc1ccc(N2CC(NC(=O)N(CCCl)CCCl)CC2=O)cc1. The Morgan fingerprint density at radius 3 is 2.46 bits per heavy atom. The Balaban J connectivity index is 1.96. The molecule has 0 spiro atoms. The summed E-state index contributed by atoms with van der Waals surface area (Å²) in [4.78, 5) is 27.7. The molecule has 6 nitrogen and oxygen atoms in total. The second-order valence-electron chi connectivity index (χ2n) is 5.42. The molecule has 24 heavy (non-hydrogen) atoms. The quantitative estimate of drug-likeness (QED) is 0.745. The lowest BCUT2D eigenvalue weighted by Gasteiger charge is -2.23. The minimum absolute atomic E-state index is 0.0216. The zero-order valence-electron chi connectivity index (χ0n) is 13.5. The van der Waals surface area contributed by atoms with Crippen molar-refractivity contribution in [1.29, 1.82) is 0 Å². The van der Waals surface area contributed by atoms with Crippen molar-refractivity contribution in [1.82, 2.24) is 10.2 Å². The number of halogens is 2. The van der Waals surface area contributed by atoms with Gasteiger partial charge >= 0.3 is 6.03 Å². The highest BCUT2D eigenvalue weighted by Gasteiger charge is 2.32. The molecule has 1 aliphatic heterocycles. The van der Waals surface area contributed by atoms with Crippen LogP contribution >= 0.6 is 23.2 Å². The number of benzene rings is 1. The van der Waals surface area contributed by atoms with E-state index in [0.717, 1.165) is 11.4 Å². The molecule has 2 rings (SSSR count). The van der Waals surface area contributed by atoms with Gasteiger partial charge in [0, 0.05) is 43.5 Å². The molecule has 1 N–H and O–H groups in total. The highest BCUT2D eigenvalue weighted by atomic mass is 35.5. The molecule has 8 heteroatoms. The van der Waals surface area contributed by atoms with E-state index in [1.54, 1.807) is 29.0 Å². The number of hydrogen-bond acceptors (Lipinski definition) is 3. The minimum atomic E-state index is -0.245. The van der Waals surface area contributed by atoms with Crippen LogP contribution in [-0.4, -0.2) is 61.4 Å². The summed E-state index contributed by atoms with van der Waals surface area (Å²) in [5.41, 5.74) is 0.788. The van der Waals surface area contributed by atoms with Crippen LogP contribution in [0.25, 0.3) is 0 Å². The van der Waals surface area contributed by atoms with Crippen LogP contribution in [0, 0.1) is 0 Å². The zero-order valence-corrected chi connectivity index (χ0v) is 15.0. The topological polar surface area (TPSA) is 61.9 Å². The highest BCUT2D eigenvalue weighted by molar-refractivity contribution is 6.18. The smallest absolute Gasteiger partial charge is 0.317 e. The number of hydrogen-bond donors (Lipinski definition) is 1. The fourth-order valence-electron chi connectivity index (χ4n) is 2.60. The summed E-state index contributed by atoms with van der Waals surface area (Å²) in [6, 6.07) is 6.78. The average Bonchev–Trinajstić information content (AvgIpc) is 2.95. The largest absolute Gasteiger partial charge is 0.497 e. The molecule has 132 valence electrons. The summed E-state index contributed by atoms with van der Waals surface area (Å²) in [7, 11) is 1.59. The second-order valence-corrected chi connectivity index (χ2v) is 6.17. The van der Waals surface area contributed by atoms with E-state index in [9.17, 15) is 9.59 Å². The Hall–Kier alpha value is -1.66. The Morgan fingerprint density at radius 2 is 1.92 bits per heavy atom. The summed E-state index contributed by atoms with van der Waals surface area (Å²) in [6.07, 6.45) is 0.271. The summed E-state index contributed by atoms with van der Waals surface area (Å²) in [5, 5.41) is 2.88. The Bertz CT molecular complexity index is 562. The third kappa shape index (κ3) is 4.68. The van der Waals surface area contributed by atoms with Crippen molar-refractivity contribution >= 4 is 40.8 Å². The molecular formula is C16H21Cl2N3O3. The number of nitrogens with one attached hydrogen (secondary N) is 1. The van der Waals surface area contributed by atoms with Crippen molar-refractivity contribution < 1.29 is 14.3 Å². The third-order valence-electron chi connectivity index (χ3n) is 3.83. The standard InChI is InChI=1S/C16H21Cl2N3O3/c1-24-14-4-2-13(3-5-14)21-11-12(10-15(21)22)19-16(23)20(8-6-17)9-7-18/h2-5,12H,6-11H2,1H3,(H,19,23). The van der Waals surface area contributed by atoms with Crippen molar-refractivity contribution in [2.24, 2.45) is 0 Å². The second kappa shape index (κ2) is 8.99. The van der Waals surface area contributed by atoms with E-state index in [1.165, 1.54) is 0 Å². The molecule has 0 bridgehead atoms. The van der Waals surface area contributed by atoms with Crippen molar-refractivity contribution in [2.45, 2.75) is 12.5 Å². The molecule has 1 unspecified atom stereocenters. The number of nitrogens with zero attached hydrogens (tertiary/aromatic N) is 2. The average molecular weight is 374 g/mol. The van der Waals surface area contributed by atoms with E-state index < -0.39 is 0 Å². The molecule has 0 aliphatic carbocycles. The first-order chi connectivity index (χ1) is 11.6. The number of urea groups is 1. The number of methoxy groups -OCH3 is 1. The lowest BCUT2D eigenvalue weighted by molar-refractivity contribution is -0.117. The number of carbonyl (C=O) groups is 2. The van der Waals surface area contributed by atoms with Crippen LogP contribution in [0.15, 0.2) is 24.3 Å². The number of alkyl halides is 2. The van der Waals surface area contributed by atoms with Crippen LogP contribution in [0.5, 0.6) is 5.75 Å². The Labute approximate surface area is 151 Å². The van der Waals surface area contributed by atoms with Crippen molar-refractivity contribution in [3.8, 4) is 5.75 Å². The first-order valence-corrected chi connectivity index (χ1v) is 8.77. The maximum Gasteiger partial charge on any atom is 0.317 e. The summed E-state index contributed by atoms with van der Waals surface area (Å²) in [5.74, 6) is 1.39. The first-order valence-electron chi connectivity index (χ1n) is 7.70. The van der Waals surface area contributed by atoms with Gasteiger partial charge in [0.1, 0.15) is 5.75 Å². The van der Waals surface area contributed by atoms with Crippen molar-refractivity contribution in [3.05, 3.63) is 24.3 Å². The molecule has 1 saturated heterocycles. The molecule has 0 radical (unpaired) electrons. The summed E-state index contributed by atoms with van der Waals surface area (Å²) < 4.78 is 5.12. The predicted octanol–water partition coefficient (Wildman–Crippen LogP) is 2.29. The zero-order chi connectivity index (χ0) is 17.5. The normalized spacial score (nSPS) is 17.0. The fraction of sp³-hybridized carbons (Fsp3) is 0.500. The number of amides is 3. The Morgan fingerprint density at radius 1 is 1.29 bits per heavy atom. The molecule has 1 aromatic carbocycles. The molecule has 0 saturated carbocycles. The monoisotopic (exact) mass is 373 g/mol. The lowest BCUT2D eigenvalue weighted by Crippen LogP contribution is -2.47. The molecule has 0 aromatic heterocycles. The van der Waals surface area contributed by atoms with Gasteiger partial charge in [-0.05, 0) is 24.3 Å². The van der Waals surface area contributed by atoms with Gasteiger partial charge in [-0.3, -0.25) is 4.79 Å². The maximum absolute atomic E-state index is 12.3. The van der Waals surface area contributed by atoms with Crippen molar-refractivity contribution in [3.63, 3.8) is 0 Å². The van der Waals surface area contributed by atoms with Gasteiger partial charge in [-0.2, -0.15) is 0 Å². The van der Waals surface area contributed by atoms with Crippen LogP contribution < -0.4 is 15.0 Å². The maximum atomic E-state index is 12.3. The van der Waals surface area contributed by atoms with Gasteiger partial charge in [-0.15, -0.1) is 23.2 Å². The molecule has 1 atom stereocenters. The Kier molecular flexibility index (Phi) is 6.99. The molecule has 1 heterocycles. The summed E-state index contributed by atoms with van der Waals surface area (Å²) >= 11 is 11.4. The highest BCUT2D eigenvalue weighted by Crippen LogP contribution is 2.24. The van der Waals surface area contributed by atoms with E-state index in [4.69, 9.17) is 27.9 Å². The van der Waals surface area contributed by atoms with E-state index in [2.05, 4.69) is 5.32 Å². The van der Waals surface area contributed by atoms with Crippen LogP contribution in [0.1, 0.15) is 6.42 Å². The van der Waals surface area contributed by atoms with Gasteiger partial charge in [0.25, 0.3) is 0 Å². The minimum Gasteiger partial charge on any atom is -0.497 e. The van der Waals surface area contributed by atoms with Gasteiger partial charge in [-0.1, -0.05) is 0 Å². The van der Waals surface area contributed by atoms with Gasteiger partial charge < -0.3 is 19.9 Å². The van der Waals surface area contributed by atoms with Crippen LogP contribution in [-0.2, 0) is 4.79 Å². The van der Waals surface area contributed by atoms with Gasteiger partial charge in [0.05, 0.1) is 13.2 Å². The van der Waals surface area contributed by atoms with Crippen molar-refractivity contribution in [2.75, 3.05) is 43.4 Å². The van der Waals surface area contributed by atoms with E-state index in [1.807, 2.05) is 12.1 Å². The fourth-order valence-corrected chi connectivity index (χ4v) is 3.01. The van der Waals surface area contributed by atoms with E-state index >= 15 is 0 Å². The number of rotatable bonds is 7. The summed E-state index contributed by atoms with van der Waals surface area (Å²) in [6.45, 7) is 1.28. The number of ether oxygens (including phenoxy) is 1. The van der Waals surface area contributed by atoms with Gasteiger partial charge in [0.15, 0.2) is 0 Å². The molecule has 1 aromatic rings. The molecule has 3 amide bonds. The van der Waals surface area contributed by atoms with Gasteiger partial charge in [0.2, 0.25) is 5.91 Å². The number of anilines is 1. The molecular weight excluding hydrogens is 353 g/mol. The first kappa shape index (κ1) is 18.7.